The monoisotopic (exact) mass is 507 g/mol. The lowest BCUT2D eigenvalue weighted by molar-refractivity contribution is -0.633. The summed E-state index contributed by atoms with van der Waals surface area (Å²) in [7, 11) is 2.23. The minimum absolute atomic E-state index is 0.417. The Bertz CT molecular complexity index is 1430. The van der Waals surface area contributed by atoms with Gasteiger partial charge in [-0.3, -0.25) is 0 Å². The molecule has 38 heavy (non-hydrogen) atoms. The number of rotatable bonds is 5. The molecule has 2 nitrogen and oxygen atoms in total. The van der Waals surface area contributed by atoms with Gasteiger partial charge in [-0.25, -0.2) is 4.57 Å². The Kier molecular flexibility index (Phi) is 7.05. The molecular formula is C36H47N2+. The van der Waals surface area contributed by atoms with Gasteiger partial charge >= 0.3 is 0 Å². The first kappa shape index (κ1) is 26.7. The SMILES string of the molecule is Cc1ccccc1-c1n(-c2c(C(C)C)cc(C3C(C)C(C)C(C)C3C)cc2C(C)C)c2ccccc2[n+]1C. The van der Waals surface area contributed by atoms with Gasteiger partial charge in [-0.2, -0.15) is 4.57 Å². The predicted molar refractivity (Wildman–Crippen MR) is 162 cm³/mol. The van der Waals surface area contributed by atoms with E-state index in [1.54, 1.807) is 5.56 Å². The lowest BCUT2D eigenvalue weighted by atomic mass is 9.79. The fourth-order valence-corrected chi connectivity index (χ4v) is 7.40. The van der Waals surface area contributed by atoms with Crippen LogP contribution < -0.4 is 4.57 Å². The quantitative estimate of drug-likeness (QED) is 0.238. The molecule has 0 aliphatic heterocycles. The van der Waals surface area contributed by atoms with Crippen LogP contribution in [0.5, 0.6) is 0 Å². The Hall–Kier alpha value is -2.87. The lowest BCUT2D eigenvalue weighted by Gasteiger charge is -2.27. The van der Waals surface area contributed by atoms with Gasteiger partial charge in [0.25, 0.3) is 5.82 Å². The van der Waals surface area contributed by atoms with E-state index in [4.69, 9.17) is 0 Å². The summed E-state index contributed by atoms with van der Waals surface area (Å²) in [6.07, 6.45) is 0. The van der Waals surface area contributed by atoms with E-state index >= 15 is 0 Å². The van der Waals surface area contributed by atoms with Crippen LogP contribution in [-0.2, 0) is 7.05 Å². The Labute approximate surface area is 230 Å². The first-order chi connectivity index (χ1) is 18.0. The molecule has 4 unspecified atom stereocenters. The zero-order chi connectivity index (χ0) is 27.5. The molecule has 1 aliphatic carbocycles. The number of hydrogen-bond donors (Lipinski definition) is 0. The van der Waals surface area contributed by atoms with E-state index in [-0.39, 0.29) is 0 Å². The third-order valence-corrected chi connectivity index (χ3v) is 10.1. The van der Waals surface area contributed by atoms with E-state index in [0.717, 1.165) is 11.8 Å². The molecule has 0 bridgehead atoms. The summed E-state index contributed by atoms with van der Waals surface area (Å²) < 4.78 is 4.98. The van der Waals surface area contributed by atoms with Crippen LogP contribution in [0.3, 0.4) is 0 Å². The summed E-state index contributed by atoms with van der Waals surface area (Å²) in [4.78, 5) is 0. The van der Waals surface area contributed by atoms with Gasteiger partial charge in [-0.15, -0.1) is 0 Å². The van der Waals surface area contributed by atoms with E-state index in [0.29, 0.717) is 29.6 Å². The summed E-state index contributed by atoms with van der Waals surface area (Å²) in [6, 6.07) is 22.9. The zero-order valence-corrected chi connectivity index (χ0v) is 25.2. The summed E-state index contributed by atoms with van der Waals surface area (Å²) >= 11 is 0. The van der Waals surface area contributed by atoms with Gasteiger partial charge in [0, 0.05) is 11.1 Å². The number of para-hydroxylation sites is 2. The Morgan fingerprint density at radius 1 is 0.711 bits per heavy atom. The Balaban J connectivity index is 1.88. The van der Waals surface area contributed by atoms with Crippen molar-refractivity contribution in [2.75, 3.05) is 0 Å². The van der Waals surface area contributed by atoms with Gasteiger partial charge in [0.15, 0.2) is 11.0 Å². The van der Waals surface area contributed by atoms with Crippen LogP contribution in [0.2, 0.25) is 0 Å². The third-order valence-electron chi connectivity index (χ3n) is 10.1. The number of hydrogen-bond acceptors (Lipinski definition) is 0. The third kappa shape index (κ3) is 4.12. The molecule has 2 heteroatoms. The first-order valence-corrected chi connectivity index (χ1v) is 14.8. The van der Waals surface area contributed by atoms with Crippen LogP contribution in [0.25, 0.3) is 28.1 Å². The largest absolute Gasteiger partial charge is 0.295 e. The maximum absolute atomic E-state index is 2.59. The van der Waals surface area contributed by atoms with Crippen LogP contribution in [-0.4, -0.2) is 4.57 Å². The molecule has 200 valence electrons. The molecule has 1 heterocycles. The smallest absolute Gasteiger partial charge is 0.225 e. The second-order valence-corrected chi connectivity index (χ2v) is 12.8. The molecule has 0 amide bonds. The van der Waals surface area contributed by atoms with E-state index in [9.17, 15) is 0 Å². The number of fused-ring (bicyclic) bond motifs is 1. The number of aryl methyl sites for hydroxylation is 2. The minimum atomic E-state index is 0.417. The highest BCUT2D eigenvalue weighted by Crippen LogP contribution is 2.52. The van der Waals surface area contributed by atoms with Gasteiger partial charge in [0.1, 0.15) is 5.69 Å². The molecule has 5 rings (SSSR count). The fraction of sp³-hybridized carbons (Fsp3) is 0.472. The highest BCUT2D eigenvalue weighted by atomic mass is 15.2. The molecule has 0 spiro atoms. The van der Waals surface area contributed by atoms with Crippen molar-refractivity contribution in [1.82, 2.24) is 4.57 Å². The minimum Gasteiger partial charge on any atom is -0.225 e. The van der Waals surface area contributed by atoms with Crippen LogP contribution in [0, 0.1) is 30.6 Å². The predicted octanol–water partition coefficient (Wildman–Crippen LogP) is 9.32. The van der Waals surface area contributed by atoms with E-state index < -0.39 is 0 Å². The first-order valence-electron chi connectivity index (χ1n) is 14.8. The van der Waals surface area contributed by atoms with Gasteiger partial charge in [0.2, 0.25) is 0 Å². The molecule has 4 aromatic rings. The highest BCUT2D eigenvalue weighted by Gasteiger charge is 2.43. The van der Waals surface area contributed by atoms with Crippen LogP contribution in [0.4, 0.5) is 0 Å². The maximum Gasteiger partial charge on any atom is 0.295 e. The maximum atomic E-state index is 2.59. The van der Waals surface area contributed by atoms with Crippen molar-refractivity contribution < 1.29 is 4.57 Å². The molecule has 0 N–H and O–H groups in total. The molecule has 1 aliphatic rings. The van der Waals surface area contributed by atoms with Gasteiger partial charge in [0.05, 0.1) is 12.6 Å². The molecule has 0 radical (unpaired) electrons. The number of nitrogens with zero attached hydrogens (tertiary/aromatic N) is 2. The molecule has 0 saturated heterocycles. The van der Waals surface area contributed by atoms with Crippen LogP contribution >= 0.6 is 0 Å². The topological polar surface area (TPSA) is 8.81 Å². The van der Waals surface area contributed by atoms with Crippen molar-refractivity contribution in [3.63, 3.8) is 0 Å². The Morgan fingerprint density at radius 3 is 1.79 bits per heavy atom. The molecule has 1 fully saturated rings. The van der Waals surface area contributed by atoms with Crippen molar-refractivity contribution in [3.8, 4) is 17.1 Å². The summed E-state index contributed by atoms with van der Waals surface area (Å²) in [5.41, 5.74) is 11.0. The van der Waals surface area contributed by atoms with Gasteiger partial charge < -0.3 is 0 Å². The van der Waals surface area contributed by atoms with Crippen molar-refractivity contribution in [3.05, 3.63) is 82.9 Å². The molecule has 1 aromatic heterocycles. The van der Waals surface area contributed by atoms with E-state index in [1.165, 1.54) is 44.8 Å². The molecular weight excluding hydrogens is 460 g/mol. The average molecular weight is 508 g/mol. The Morgan fingerprint density at radius 2 is 1.24 bits per heavy atom. The summed E-state index contributed by atoms with van der Waals surface area (Å²) in [6.45, 7) is 21.6. The van der Waals surface area contributed by atoms with E-state index in [1.807, 2.05) is 0 Å². The average Bonchev–Trinajstić information content (AvgIpc) is 3.28. The number of imidazole rings is 1. The zero-order valence-electron chi connectivity index (χ0n) is 25.2. The summed E-state index contributed by atoms with van der Waals surface area (Å²) in [5.74, 6) is 5.58. The second kappa shape index (κ2) is 10.0. The lowest BCUT2D eigenvalue weighted by Crippen LogP contribution is -2.30. The van der Waals surface area contributed by atoms with Gasteiger partial charge in [-0.1, -0.05) is 97.9 Å². The van der Waals surface area contributed by atoms with Gasteiger partial charge in [-0.05, 0) is 77.7 Å². The highest BCUT2D eigenvalue weighted by molar-refractivity contribution is 5.81. The second-order valence-electron chi connectivity index (χ2n) is 12.8. The van der Waals surface area contributed by atoms with E-state index in [2.05, 4.69) is 139 Å². The normalized spacial score (nSPS) is 23.7. The fourth-order valence-electron chi connectivity index (χ4n) is 7.40. The molecule has 3 aromatic carbocycles. The standard InChI is InChI=1S/C36H47N2/c1-21(2)30-19-28(34-26(8)24(6)25(7)27(34)9)20-31(22(3)4)35(30)38-33-18-14-13-17-32(33)37(10)36(38)29-16-12-11-15-23(29)5/h11-22,24-27,34H,1-10H3/q+1. The van der Waals surface area contributed by atoms with Crippen molar-refractivity contribution in [1.29, 1.82) is 0 Å². The molecule has 1 saturated carbocycles. The molecule has 4 atom stereocenters. The van der Waals surface area contributed by atoms with Crippen molar-refractivity contribution in [2.45, 2.75) is 80.1 Å². The number of benzene rings is 3. The summed E-state index contributed by atoms with van der Waals surface area (Å²) in [5, 5.41) is 0. The van der Waals surface area contributed by atoms with Crippen LogP contribution in [0.15, 0.2) is 60.7 Å². The van der Waals surface area contributed by atoms with Crippen LogP contribution in [0.1, 0.15) is 95.4 Å². The number of aromatic nitrogens is 2. The van der Waals surface area contributed by atoms with Crippen molar-refractivity contribution >= 4 is 11.0 Å². The van der Waals surface area contributed by atoms with Crippen molar-refractivity contribution in [2.24, 2.45) is 30.7 Å².